The quantitative estimate of drug-likeness (QED) is 0.137. The highest BCUT2D eigenvalue weighted by molar-refractivity contribution is 7.26. The van der Waals surface area contributed by atoms with Gasteiger partial charge in [-0.3, -0.25) is 0 Å². The van der Waals surface area contributed by atoms with E-state index in [9.17, 15) is 10.5 Å². The van der Waals surface area contributed by atoms with Crippen molar-refractivity contribution in [3.63, 3.8) is 0 Å². The third-order valence-corrected chi connectivity index (χ3v) is 20.2. The third kappa shape index (κ3) is 8.26. The maximum absolute atomic E-state index is 11.6. The fourth-order valence-corrected chi connectivity index (χ4v) is 16.7. The fraction of sp³-hybridized carbons (Fsp3) is 0.132. The van der Waals surface area contributed by atoms with E-state index in [0.29, 0.717) is 86.8 Å². The molecule has 5 aliphatic rings. The summed E-state index contributed by atoms with van der Waals surface area (Å²) in [5.74, 6) is 5.68. The topological polar surface area (TPSA) is 151 Å². The van der Waals surface area contributed by atoms with Crippen LogP contribution in [0.4, 0.5) is 0 Å². The van der Waals surface area contributed by atoms with Crippen molar-refractivity contribution < 1.29 is 0 Å². The molecule has 0 aliphatic heterocycles. The van der Waals surface area contributed by atoms with Crippen molar-refractivity contribution in [1.29, 1.82) is 10.5 Å². The Morgan fingerprint density at radius 2 is 0.839 bits per heavy atom. The van der Waals surface area contributed by atoms with Crippen LogP contribution in [0.2, 0.25) is 0 Å². The van der Waals surface area contributed by atoms with Crippen LogP contribution in [0.5, 0.6) is 0 Å². The summed E-state index contributed by atoms with van der Waals surface area (Å²) in [6.07, 6.45) is 7.55. The average molecular weight is 1140 g/mol. The normalized spacial score (nSPS) is 18.6. The van der Waals surface area contributed by atoms with E-state index in [0.717, 1.165) is 86.9 Å². The highest BCUT2D eigenvalue weighted by Crippen LogP contribution is 2.70. The molecule has 1 spiro atoms. The molecule has 11 heteroatoms. The number of rotatable bonds is 9. The SMILES string of the molecule is N#Cc1cc2c(cc1-c1nccc(-c3nc(-c4ccccc4)nc(-c4ccccc4)n3)n1)C1(c3cc(-c4ccc(-c5nc(-c6ccccc6)nc(-c6ccccc6)n5)cc4-c4cccc5c4sc4ccccc45)c(C#N)cc3-2)C2CC3CC(C2)CC1C3. The van der Waals surface area contributed by atoms with Crippen molar-refractivity contribution >= 4 is 31.5 Å². The van der Waals surface area contributed by atoms with Crippen LogP contribution in [-0.2, 0) is 5.41 Å². The first-order valence-corrected chi connectivity index (χ1v) is 30.6. The molecule has 9 aromatic carbocycles. The molecule has 0 saturated heterocycles. The van der Waals surface area contributed by atoms with Crippen LogP contribution in [0.3, 0.4) is 0 Å². The van der Waals surface area contributed by atoms with E-state index in [1.165, 1.54) is 37.7 Å². The van der Waals surface area contributed by atoms with Crippen LogP contribution >= 0.6 is 11.3 Å². The molecule has 5 aliphatic carbocycles. The van der Waals surface area contributed by atoms with Gasteiger partial charge in [0.15, 0.2) is 40.8 Å². The Morgan fingerprint density at radius 1 is 0.356 bits per heavy atom. The van der Waals surface area contributed by atoms with Gasteiger partial charge in [-0.15, -0.1) is 11.3 Å². The van der Waals surface area contributed by atoms with E-state index in [-0.39, 0.29) is 5.41 Å². The van der Waals surface area contributed by atoms with E-state index in [4.69, 9.17) is 39.9 Å². The molecule has 0 amide bonds. The van der Waals surface area contributed by atoms with Gasteiger partial charge in [-0.1, -0.05) is 170 Å². The second-order valence-electron chi connectivity index (χ2n) is 23.7. The zero-order chi connectivity index (χ0) is 57.7. The molecule has 0 unspecified atom stereocenters. The Balaban J connectivity index is 0.860. The highest BCUT2D eigenvalue weighted by atomic mass is 32.1. The average Bonchev–Trinajstić information content (AvgIpc) is 1.57. The summed E-state index contributed by atoms with van der Waals surface area (Å²) in [5, 5.41) is 25.3. The molecule has 0 N–H and O–H groups in total. The van der Waals surface area contributed by atoms with Crippen molar-refractivity contribution in [3.8, 4) is 125 Å². The number of aromatic nitrogens is 8. The van der Waals surface area contributed by atoms with Crippen molar-refractivity contribution in [2.45, 2.75) is 37.5 Å². The summed E-state index contributed by atoms with van der Waals surface area (Å²) in [6, 6.07) is 77.7. The van der Waals surface area contributed by atoms with Gasteiger partial charge in [0.1, 0.15) is 5.69 Å². The van der Waals surface area contributed by atoms with Gasteiger partial charge in [-0.2, -0.15) is 10.5 Å². The van der Waals surface area contributed by atoms with Gasteiger partial charge in [0.2, 0.25) is 0 Å². The Hall–Kier alpha value is -10.7. The number of thiophene rings is 1. The summed E-state index contributed by atoms with van der Waals surface area (Å²) in [5.41, 5.74) is 14.5. The van der Waals surface area contributed by atoms with E-state index >= 15 is 0 Å². The van der Waals surface area contributed by atoms with Gasteiger partial charge < -0.3 is 0 Å². The van der Waals surface area contributed by atoms with Crippen LogP contribution < -0.4 is 0 Å². The summed E-state index contributed by atoms with van der Waals surface area (Å²) < 4.78 is 2.37. The number of hydrogen-bond acceptors (Lipinski definition) is 11. The predicted molar refractivity (Wildman–Crippen MR) is 343 cm³/mol. The molecule has 18 rings (SSSR count). The maximum Gasteiger partial charge on any atom is 0.182 e. The van der Waals surface area contributed by atoms with Crippen molar-refractivity contribution in [1.82, 2.24) is 39.9 Å². The lowest BCUT2D eigenvalue weighted by Crippen LogP contribution is -2.55. The molecular weight excluding hydrogens is 1080 g/mol. The molecule has 4 heterocycles. The first kappa shape index (κ1) is 50.8. The highest BCUT2D eigenvalue weighted by Gasteiger charge is 2.62. The van der Waals surface area contributed by atoms with Crippen LogP contribution in [-0.4, -0.2) is 39.9 Å². The van der Waals surface area contributed by atoms with Crippen molar-refractivity contribution in [2.75, 3.05) is 0 Å². The minimum atomic E-state index is -0.386. The Kier molecular flexibility index (Phi) is 11.8. The zero-order valence-corrected chi connectivity index (χ0v) is 47.8. The van der Waals surface area contributed by atoms with E-state index in [2.05, 4.69) is 97.1 Å². The third-order valence-electron chi connectivity index (χ3n) is 19.0. The summed E-state index contributed by atoms with van der Waals surface area (Å²) >= 11 is 1.79. The first-order valence-electron chi connectivity index (χ1n) is 29.8. The van der Waals surface area contributed by atoms with Gasteiger partial charge in [-0.05, 0) is 132 Å². The molecule has 4 fully saturated rings. The van der Waals surface area contributed by atoms with Gasteiger partial charge >= 0.3 is 0 Å². The van der Waals surface area contributed by atoms with Crippen LogP contribution in [0.25, 0.3) is 133 Å². The standard InChI is InChI=1S/C76H50N10S/c77-42-51-38-62-63-39-52(43-78)60(74-79-31-30-66(80-74)75-85-71(48-20-9-3-10-21-48)82-72(86-75)49-22-11-4-12-23-49)41-65(63)76(53-33-44-32-45(35-53)36-54(76)34-44)64(62)40-59(51)55-29-28-50(37-61(55)58-26-15-25-57-56-24-13-14-27-67(56)87-68(57)58)73-83-69(46-16-5-1-6-17-46)81-70(84-73)47-18-7-2-8-19-47/h1-31,37-41,44-45,53-54H,32-36H2. The number of fused-ring (bicyclic) bond motifs is 6. The second kappa shape index (κ2) is 20.2. The van der Waals surface area contributed by atoms with Crippen LogP contribution in [0.15, 0.2) is 219 Å². The molecule has 0 radical (unpaired) electrons. The Labute approximate surface area is 506 Å². The zero-order valence-electron chi connectivity index (χ0n) is 47.0. The van der Waals surface area contributed by atoms with Crippen molar-refractivity contribution in [3.05, 3.63) is 241 Å². The summed E-state index contributed by atoms with van der Waals surface area (Å²) in [7, 11) is 0. The molecule has 10 nitrogen and oxygen atoms in total. The lowest BCUT2D eigenvalue weighted by Gasteiger charge is -2.61. The lowest BCUT2D eigenvalue weighted by atomic mass is 9.43. The summed E-state index contributed by atoms with van der Waals surface area (Å²) in [6.45, 7) is 0. The van der Waals surface area contributed by atoms with Crippen LogP contribution in [0.1, 0.15) is 54.4 Å². The van der Waals surface area contributed by atoms with Gasteiger partial charge in [-0.25, -0.2) is 39.9 Å². The van der Waals surface area contributed by atoms with E-state index in [1.807, 2.05) is 127 Å². The van der Waals surface area contributed by atoms with E-state index < -0.39 is 0 Å². The number of nitriles is 2. The monoisotopic (exact) mass is 1130 g/mol. The van der Waals surface area contributed by atoms with Gasteiger partial charge in [0.05, 0.1) is 23.3 Å². The molecule has 410 valence electrons. The number of hydrogen-bond donors (Lipinski definition) is 0. The smallest absolute Gasteiger partial charge is 0.182 e. The first-order chi connectivity index (χ1) is 42.9. The van der Waals surface area contributed by atoms with Crippen molar-refractivity contribution in [2.24, 2.45) is 23.7 Å². The minimum Gasteiger partial charge on any atom is -0.236 e. The number of benzene rings is 9. The van der Waals surface area contributed by atoms with Crippen LogP contribution in [0, 0.1) is 46.3 Å². The minimum absolute atomic E-state index is 0.358. The molecular formula is C76H50N10S. The molecule has 0 atom stereocenters. The number of nitrogens with zero attached hydrogens (tertiary/aromatic N) is 10. The van der Waals surface area contributed by atoms with E-state index in [1.54, 1.807) is 17.5 Å². The molecule has 4 aromatic heterocycles. The largest absolute Gasteiger partial charge is 0.236 e. The van der Waals surface area contributed by atoms with Gasteiger partial charge in [0, 0.05) is 76.3 Å². The fourth-order valence-electron chi connectivity index (χ4n) is 15.4. The Morgan fingerprint density at radius 3 is 1.39 bits per heavy atom. The summed E-state index contributed by atoms with van der Waals surface area (Å²) in [4.78, 5) is 40.6. The second-order valence-corrected chi connectivity index (χ2v) is 24.7. The van der Waals surface area contributed by atoms with Gasteiger partial charge in [0.25, 0.3) is 0 Å². The lowest BCUT2D eigenvalue weighted by molar-refractivity contribution is -0.0399. The molecule has 13 aromatic rings. The molecule has 4 bridgehead atoms. The molecule has 87 heavy (non-hydrogen) atoms. The maximum atomic E-state index is 11.6. The molecule has 4 saturated carbocycles. The predicted octanol–water partition coefficient (Wildman–Crippen LogP) is 17.7. The Bertz CT molecular complexity index is 4890.